The minimum Gasteiger partial charge on any atom is -0.379 e. The minimum absolute atomic E-state index is 0.0141. The van der Waals surface area contributed by atoms with E-state index in [1.165, 1.54) is 0 Å². The van der Waals surface area contributed by atoms with Gasteiger partial charge in [-0.3, -0.25) is 9.59 Å². The number of fused-ring (bicyclic) bond motifs is 8. The molecule has 4 aromatic heterocycles. The van der Waals surface area contributed by atoms with Gasteiger partial charge in [-0.1, -0.05) is 0 Å². The van der Waals surface area contributed by atoms with E-state index in [9.17, 15) is 9.59 Å². The molecule has 1 aliphatic rings. The highest BCUT2D eigenvalue weighted by Gasteiger charge is 2.22. The van der Waals surface area contributed by atoms with Gasteiger partial charge in [0.2, 0.25) is 11.8 Å². The number of nitrogens with zero attached hydrogens (tertiary/aromatic N) is 2. The van der Waals surface area contributed by atoms with Crippen LogP contribution >= 0.6 is 0 Å². The average molecular weight is 885 g/mol. The van der Waals surface area contributed by atoms with Gasteiger partial charge in [0.1, 0.15) is 0 Å². The highest BCUT2D eigenvalue weighted by Crippen LogP contribution is 2.29. The molecule has 4 aromatic rings. The van der Waals surface area contributed by atoms with E-state index in [2.05, 4.69) is 106 Å². The number of rotatable bonds is 24. The number of hydrogen-bond donors (Lipinski definition) is 6. The largest absolute Gasteiger partial charge is 0.379 e. The Morgan fingerprint density at radius 1 is 0.547 bits per heavy atom. The van der Waals surface area contributed by atoms with Gasteiger partial charge >= 0.3 is 0 Å². The van der Waals surface area contributed by atoms with Crippen molar-refractivity contribution in [3.05, 3.63) is 88.7 Å². The van der Waals surface area contributed by atoms with Gasteiger partial charge in [-0.25, -0.2) is 0 Å². The van der Waals surface area contributed by atoms with Crippen LogP contribution in [0.3, 0.4) is 0 Å². The lowest BCUT2D eigenvalue weighted by Gasteiger charge is -2.15. The Hall–Kier alpha value is -4.70. The number of amides is 2. The van der Waals surface area contributed by atoms with Gasteiger partial charge in [0.25, 0.3) is 0 Å². The van der Waals surface area contributed by atoms with Crippen LogP contribution in [-0.4, -0.2) is 136 Å². The molecule has 5 heterocycles. The first-order chi connectivity index (χ1) is 30.6. The second kappa shape index (κ2) is 24.0. The van der Waals surface area contributed by atoms with Crippen molar-refractivity contribution in [2.24, 2.45) is 0 Å². The van der Waals surface area contributed by atoms with E-state index in [-0.39, 0.29) is 24.0 Å². The third-order valence-electron chi connectivity index (χ3n) is 12.2. The molecule has 5 rings (SSSR count). The maximum atomic E-state index is 13.2. The van der Waals surface area contributed by atoms with Crippen LogP contribution in [0.15, 0.2) is 0 Å². The Morgan fingerprint density at radius 3 is 1.59 bits per heavy atom. The summed E-state index contributed by atoms with van der Waals surface area (Å²) < 4.78 is 24.1. The maximum absolute atomic E-state index is 13.2. The zero-order valence-corrected chi connectivity index (χ0v) is 40.7. The van der Waals surface area contributed by atoms with Crippen LogP contribution < -0.4 is 32.0 Å². The van der Waals surface area contributed by atoms with E-state index in [1.54, 1.807) is 0 Å². The number of carbonyl (C=O) groups is 2. The lowest BCUT2D eigenvalue weighted by atomic mass is 10.0. The van der Waals surface area contributed by atoms with Crippen LogP contribution in [0.25, 0.3) is 24.3 Å². The standard InChI is InChI=1S/C50H76N8O6/c1-13-61-23-25-63-35(7)49-33(5)41-27-39-31(3)37(15-17-47(59)51-19-21-57(9)10)43(53-39)30-44-38(16-18-48(60)52-20-22-58(11)12)32(4)40(54-44)28-45-50(36(8)64-26-24-62-14-2)34(6)42(56-45)29-46(49)55-41/h27-30,35-36,53-56H,13-26H2,1-12H3,(H,51,59)(H,52,60). The second-order valence-corrected chi connectivity index (χ2v) is 17.4. The Labute approximate surface area is 379 Å². The molecule has 1 aliphatic heterocycles. The summed E-state index contributed by atoms with van der Waals surface area (Å²) in [5, 5.41) is 9.93. The normalized spacial score (nSPS) is 13.3. The summed E-state index contributed by atoms with van der Waals surface area (Å²) in [6, 6.07) is 0. The smallest absolute Gasteiger partial charge is 0.220 e. The molecule has 2 unspecified atom stereocenters. The highest BCUT2D eigenvalue weighted by molar-refractivity contribution is 5.77. The summed E-state index contributed by atoms with van der Waals surface area (Å²) in [5.74, 6) is 0.0295. The summed E-state index contributed by atoms with van der Waals surface area (Å²) in [7, 11) is 8.00. The molecule has 64 heavy (non-hydrogen) atoms. The fraction of sp³-hybridized carbons (Fsp3) is 0.560. The van der Waals surface area contributed by atoms with Crippen molar-refractivity contribution >= 4 is 36.1 Å². The molecule has 2 amide bonds. The predicted molar refractivity (Wildman–Crippen MR) is 256 cm³/mol. The quantitative estimate of drug-likeness (QED) is 0.0515. The summed E-state index contributed by atoms with van der Waals surface area (Å²) in [5.41, 5.74) is 12.3. The van der Waals surface area contributed by atoms with Crippen molar-refractivity contribution in [1.82, 2.24) is 40.4 Å². The highest BCUT2D eigenvalue weighted by atomic mass is 16.5. The molecular weight excluding hydrogens is 809 g/mol. The molecular formula is C50H76N8O6. The first-order valence-corrected chi connectivity index (χ1v) is 23.1. The zero-order chi connectivity index (χ0) is 46.5. The molecule has 0 spiro atoms. The molecule has 0 saturated heterocycles. The zero-order valence-electron chi connectivity index (χ0n) is 40.7. The van der Waals surface area contributed by atoms with Gasteiger partial charge in [0.05, 0.1) is 38.6 Å². The maximum Gasteiger partial charge on any atom is 0.220 e. The van der Waals surface area contributed by atoms with Crippen molar-refractivity contribution in [3.8, 4) is 0 Å². The van der Waals surface area contributed by atoms with Gasteiger partial charge in [0, 0.05) is 108 Å². The molecule has 14 heteroatoms. The number of aromatic amines is 4. The SMILES string of the molecule is CCOCCOC(C)c1c2[nH]c(c1C)C=c1[nH]c(c(C)c1C(C)OCCOCC)=Cc1[nH]c(c(CCC(=O)NCCN(C)C)c1C)C=c1[nH]c(c(C)c1CCC(=O)NCCN(C)C)=C2. The van der Waals surface area contributed by atoms with Crippen LogP contribution in [0.2, 0.25) is 0 Å². The van der Waals surface area contributed by atoms with Crippen molar-refractivity contribution in [3.63, 3.8) is 0 Å². The number of H-pyrrole nitrogens is 4. The topological polar surface area (TPSA) is 165 Å². The number of carbonyl (C=O) groups excluding carboxylic acids is 2. The Morgan fingerprint density at radius 2 is 1.02 bits per heavy atom. The van der Waals surface area contributed by atoms with Crippen molar-refractivity contribution < 1.29 is 28.5 Å². The van der Waals surface area contributed by atoms with Crippen molar-refractivity contribution in [2.45, 2.75) is 93.3 Å². The summed E-state index contributed by atoms with van der Waals surface area (Å²) in [6.07, 6.45) is 10.0. The minimum atomic E-state index is -0.240. The van der Waals surface area contributed by atoms with Gasteiger partial charge in [0.15, 0.2) is 0 Å². The fourth-order valence-corrected chi connectivity index (χ4v) is 8.50. The molecule has 0 fully saturated rings. The van der Waals surface area contributed by atoms with Crippen molar-refractivity contribution in [2.75, 3.05) is 94.0 Å². The number of aromatic nitrogens is 4. The molecule has 14 nitrogen and oxygen atoms in total. The van der Waals surface area contributed by atoms with Crippen molar-refractivity contribution in [1.29, 1.82) is 0 Å². The summed E-state index contributed by atoms with van der Waals surface area (Å²) in [6.45, 7) is 22.6. The average Bonchev–Trinajstić information content (AvgIpc) is 3.91. The lowest BCUT2D eigenvalue weighted by molar-refractivity contribution is -0.121. The Bertz CT molecular complexity index is 2430. The third-order valence-corrected chi connectivity index (χ3v) is 12.2. The molecule has 0 saturated carbocycles. The van der Waals surface area contributed by atoms with E-state index in [4.69, 9.17) is 18.9 Å². The van der Waals surface area contributed by atoms with Gasteiger partial charge < -0.3 is 59.3 Å². The number of likely N-dealkylation sites (N-methyl/N-ethyl adjacent to an activating group) is 2. The van der Waals surface area contributed by atoms with Gasteiger partial charge in [-0.2, -0.15) is 0 Å². The van der Waals surface area contributed by atoms with Gasteiger partial charge in [-0.15, -0.1) is 0 Å². The van der Waals surface area contributed by atoms with Gasteiger partial charge in [-0.05, 0) is 154 Å². The van der Waals surface area contributed by atoms with Crippen LogP contribution in [0, 0.1) is 27.7 Å². The number of nitrogens with one attached hydrogen (secondary N) is 6. The Kier molecular flexibility index (Phi) is 18.9. The van der Waals surface area contributed by atoms with E-state index in [0.29, 0.717) is 78.4 Å². The van der Waals surface area contributed by atoms with E-state index in [1.807, 2.05) is 42.0 Å². The molecule has 352 valence electrons. The Balaban J connectivity index is 1.75. The molecule has 8 bridgehead atoms. The van der Waals surface area contributed by atoms with Crippen LogP contribution in [0.4, 0.5) is 0 Å². The van der Waals surface area contributed by atoms with E-state index < -0.39 is 0 Å². The second-order valence-electron chi connectivity index (χ2n) is 17.4. The molecule has 0 aliphatic carbocycles. The van der Waals surface area contributed by atoms with Crippen LogP contribution in [0.1, 0.15) is 120 Å². The molecule has 0 aromatic carbocycles. The molecule has 2 atom stereocenters. The monoisotopic (exact) mass is 885 g/mol. The van der Waals surface area contributed by atoms with Crippen LogP contribution in [-0.2, 0) is 41.4 Å². The number of ether oxygens (including phenoxy) is 4. The first kappa shape index (κ1) is 50.3. The first-order valence-electron chi connectivity index (χ1n) is 23.1. The summed E-state index contributed by atoms with van der Waals surface area (Å²) >= 11 is 0. The lowest BCUT2D eigenvalue weighted by Crippen LogP contribution is -2.31. The number of hydrogen-bond acceptors (Lipinski definition) is 8. The van der Waals surface area contributed by atoms with E-state index >= 15 is 0 Å². The predicted octanol–water partition coefficient (Wildman–Crippen LogP) is 3.31. The molecule has 0 radical (unpaired) electrons. The third kappa shape index (κ3) is 13.2. The fourth-order valence-electron chi connectivity index (χ4n) is 8.50. The summed E-state index contributed by atoms with van der Waals surface area (Å²) in [4.78, 5) is 45.6. The van der Waals surface area contributed by atoms with E-state index in [0.717, 1.165) is 102 Å². The molecule has 6 N–H and O–H groups in total. The van der Waals surface area contributed by atoms with Crippen LogP contribution in [0.5, 0.6) is 0 Å².